The number of aryl methyl sites for hydroxylation is 1. The Labute approximate surface area is 139 Å². The molecule has 120 valence electrons. The zero-order chi connectivity index (χ0) is 16.7. The molecular weight excluding hydrogens is 345 g/mol. The minimum absolute atomic E-state index is 0.0392. The maximum Gasteiger partial charge on any atom is 0.194 e. The van der Waals surface area contributed by atoms with Crippen LogP contribution in [0.2, 0.25) is 10.0 Å². The van der Waals surface area contributed by atoms with Gasteiger partial charge in [0.1, 0.15) is 0 Å². The van der Waals surface area contributed by atoms with Gasteiger partial charge in [0.25, 0.3) is 0 Å². The van der Waals surface area contributed by atoms with Crippen molar-refractivity contribution in [3.05, 3.63) is 27.9 Å². The van der Waals surface area contributed by atoms with E-state index in [4.69, 9.17) is 28.9 Å². The van der Waals surface area contributed by atoms with E-state index < -0.39 is 15.4 Å². The molecule has 0 aliphatic heterocycles. The lowest BCUT2D eigenvalue weighted by atomic mass is 9.99. The first kappa shape index (κ1) is 17.4. The van der Waals surface area contributed by atoms with Crippen LogP contribution in [0.5, 0.6) is 0 Å². The molecule has 0 aliphatic rings. The van der Waals surface area contributed by atoms with Crippen molar-refractivity contribution in [1.82, 2.24) is 9.97 Å². The summed E-state index contributed by atoms with van der Waals surface area (Å²) in [7, 11) is -3.51. The minimum Gasteiger partial charge on any atom is -0.326 e. The van der Waals surface area contributed by atoms with Gasteiger partial charge in [-0.2, -0.15) is 0 Å². The Morgan fingerprint density at radius 1 is 1.14 bits per heavy atom. The maximum absolute atomic E-state index is 12.0. The third kappa shape index (κ3) is 4.07. The Hall–Kier alpha value is -0.950. The summed E-state index contributed by atoms with van der Waals surface area (Å²) >= 11 is 11.9. The van der Waals surface area contributed by atoms with Crippen molar-refractivity contribution in [3.63, 3.8) is 0 Å². The van der Waals surface area contributed by atoms with Crippen molar-refractivity contribution in [2.24, 2.45) is 5.73 Å². The summed E-state index contributed by atoms with van der Waals surface area (Å²) in [6.07, 6.45) is 2.10. The van der Waals surface area contributed by atoms with Gasteiger partial charge in [-0.3, -0.25) is 0 Å². The molecule has 0 unspecified atom stereocenters. The molecule has 0 fully saturated rings. The number of aromatic nitrogens is 2. The molecule has 2 rings (SSSR count). The number of fused-ring (bicyclic) bond motifs is 1. The molecule has 5 nitrogen and oxygen atoms in total. The van der Waals surface area contributed by atoms with Crippen LogP contribution >= 0.6 is 23.2 Å². The Morgan fingerprint density at radius 3 is 2.09 bits per heavy atom. The van der Waals surface area contributed by atoms with Crippen LogP contribution in [0, 0.1) is 0 Å². The van der Waals surface area contributed by atoms with E-state index in [9.17, 15) is 8.42 Å². The number of nitrogens with two attached hydrogens (primary N) is 1. The third-order valence-corrected chi connectivity index (χ3v) is 4.85. The number of hydrogen-bond acceptors (Lipinski definition) is 5. The fourth-order valence-electron chi connectivity index (χ4n) is 1.97. The molecule has 1 aromatic heterocycles. The molecule has 0 atom stereocenters. The molecule has 0 spiro atoms. The molecule has 0 bridgehead atoms. The summed E-state index contributed by atoms with van der Waals surface area (Å²) in [5.41, 5.74) is 6.83. The molecule has 0 radical (unpaired) electrons. The molecule has 0 saturated carbocycles. The number of rotatable bonds is 4. The van der Waals surface area contributed by atoms with Crippen LogP contribution in [0.1, 0.15) is 26.0 Å². The summed E-state index contributed by atoms with van der Waals surface area (Å²) in [4.78, 5) is 8.62. The number of hydrogen-bond donors (Lipinski definition) is 1. The SMILES string of the molecule is CC(C)(N)CCc1nc2cc(Cl)c(Cl)cc2nc1S(C)(=O)=O. The van der Waals surface area contributed by atoms with Crippen LogP contribution in [0.4, 0.5) is 0 Å². The predicted octanol–water partition coefficient (Wildman–Crippen LogP) is 3.01. The molecule has 1 heterocycles. The van der Waals surface area contributed by atoms with Crippen LogP contribution in [-0.2, 0) is 16.3 Å². The minimum atomic E-state index is -3.51. The molecule has 2 aromatic rings. The van der Waals surface area contributed by atoms with E-state index >= 15 is 0 Å². The van der Waals surface area contributed by atoms with Crippen molar-refractivity contribution in [1.29, 1.82) is 0 Å². The highest BCUT2D eigenvalue weighted by molar-refractivity contribution is 7.90. The first-order valence-electron chi connectivity index (χ1n) is 6.62. The van der Waals surface area contributed by atoms with Gasteiger partial charge in [-0.05, 0) is 38.8 Å². The van der Waals surface area contributed by atoms with Crippen LogP contribution in [0.3, 0.4) is 0 Å². The molecule has 1 aromatic carbocycles. The smallest absolute Gasteiger partial charge is 0.194 e. The van der Waals surface area contributed by atoms with Crippen LogP contribution in [0.25, 0.3) is 11.0 Å². The van der Waals surface area contributed by atoms with Crippen molar-refractivity contribution < 1.29 is 8.42 Å². The van der Waals surface area contributed by atoms with Crippen molar-refractivity contribution in [2.75, 3.05) is 6.26 Å². The summed E-state index contributed by atoms with van der Waals surface area (Å²) in [6, 6.07) is 3.09. The largest absolute Gasteiger partial charge is 0.326 e. The molecule has 2 N–H and O–H groups in total. The van der Waals surface area contributed by atoms with E-state index in [2.05, 4.69) is 9.97 Å². The van der Waals surface area contributed by atoms with Crippen molar-refractivity contribution >= 4 is 44.1 Å². The molecule has 22 heavy (non-hydrogen) atoms. The van der Waals surface area contributed by atoms with Crippen LogP contribution in [0.15, 0.2) is 17.2 Å². The second-order valence-electron chi connectivity index (χ2n) is 5.99. The predicted molar refractivity (Wildman–Crippen MR) is 89.3 cm³/mol. The van der Waals surface area contributed by atoms with Gasteiger partial charge in [-0.15, -0.1) is 0 Å². The number of halogens is 2. The monoisotopic (exact) mass is 361 g/mol. The second-order valence-corrected chi connectivity index (χ2v) is 8.74. The first-order chi connectivity index (χ1) is 9.97. The lowest BCUT2D eigenvalue weighted by Gasteiger charge is -2.18. The summed E-state index contributed by atoms with van der Waals surface area (Å²) in [6.45, 7) is 3.75. The van der Waals surface area contributed by atoms with Gasteiger partial charge in [0.05, 0.1) is 26.8 Å². The lowest BCUT2D eigenvalue weighted by molar-refractivity contribution is 0.471. The fourth-order valence-corrected chi connectivity index (χ4v) is 3.13. The normalized spacial score (nSPS) is 12.8. The Bertz CT molecular complexity index is 830. The van der Waals surface area contributed by atoms with E-state index in [1.54, 1.807) is 6.07 Å². The second kappa shape index (κ2) is 5.92. The van der Waals surface area contributed by atoms with E-state index in [0.29, 0.717) is 39.6 Å². The molecule has 0 aliphatic carbocycles. The fraction of sp³-hybridized carbons (Fsp3) is 0.429. The lowest BCUT2D eigenvalue weighted by Crippen LogP contribution is -2.32. The molecule has 8 heteroatoms. The summed E-state index contributed by atoms with van der Waals surface area (Å²) in [5.74, 6) is 0. The maximum atomic E-state index is 12.0. The van der Waals surface area contributed by atoms with Crippen molar-refractivity contribution in [2.45, 2.75) is 37.3 Å². The topological polar surface area (TPSA) is 85.9 Å². The molecular formula is C14H17Cl2N3O2S. The summed E-state index contributed by atoms with van der Waals surface area (Å²) in [5, 5.41) is 0.613. The van der Waals surface area contributed by atoms with Crippen molar-refractivity contribution in [3.8, 4) is 0 Å². The standard InChI is InChI=1S/C14H17Cl2N3O2S/c1-14(2,17)5-4-10-13(22(3,20)21)19-12-7-9(16)8(15)6-11(12)18-10/h6-7H,4-5,17H2,1-3H3. The molecule has 0 saturated heterocycles. The molecule has 0 amide bonds. The van der Waals surface area contributed by atoms with Gasteiger partial charge >= 0.3 is 0 Å². The van der Waals surface area contributed by atoms with E-state index in [-0.39, 0.29) is 5.03 Å². The van der Waals surface area contributed by atoms with Crippen LogP contribution in [-0.4, -0.2) is 30.2 Å². The van der Waals surface area contributed by atoms with E-state index in [1.165, 1.54) is 6.07 Å². The van der Waals surface area contributed by atoms with Gasteiger partial charge in [0.15, 0.2) is 14.9 Å². The Morgan fingerprint density at radius 2 is 1.64 bits per heavy atom. The average molecular weight is 362 g/mol. The first-order valence-corrected chi connectivity index (χ1v) is 9.27. The van der Waals surface area contributed by atoms with E-state index in [1.807, 2.05) is 13.8 Å². The van der Waals surface area contributed by atoms with Gasteiger partial charge < -0.3 is 5.73 Å². The quantitative estimate of drug-likeness (QED) is 0.904. The van der Waals surface area contributed by atoms with E-state index in [0.717, 1.165) is 6.26 Å². The van der Waals surface area contributed by atoms with Gasteiger partial charge in [-0.1, -0.05) is 23.2 Å². The number of sulfone groups is 1. The number of nitrogens with zero attached hydrogens (tertiary/aromatic N) is 2. The highest BCUT2D eigenvalue weighted by Crippen LogP contribution is 2.28. The zero-order valence-corrected chi connectivity index (χ0v) is 14.8. The van der Waals surface area contributed by atoms with Gasteiger partial charge in [0.2, 0.25) is 0 Å². The number of benzene rings is 1. The highest BCUT2D eigenvalue weighted by Gasteiger charge is 2.21. The Kier molecular flexibility index (Phi) is 4.69. The van der Waals surface area contributed by atoms with Gasteiger partial charge in [-0.25, -0.2) is 18.4 Å². The Balaban J connectivity index is 2.63. The highest BCUT2D eigenvalue weighted by atomic mass is 35.5. The zero-order valence-electron chi connectivity index (χ0n) is 12.5. The average Bonchev–Trinajstić information content (AvgIpc) is 2.35. The van der Waals surface area contributed by atoms with Crippen LogP contribution < -0.4 is 5.73 Å². The third-order valence-electron chi connectivity index (χ3n) is 3.10. The summed E-state index contributed by atoms with van der Waals surface area (Å²) < 4.78 is 24.0. The van der Waals surface area contributed by atoms with Gasteiger partial charge in [0, 0.05) is 11.8 Å².